The minimum atomic E-state index is 0.495. The first kappa shape index (κ1) is 9.93. The van der Waals surface area contributed by atoms with E-state index in [9.17, 15) is 4.79 Å². The molecule has 0 aliphatic carbocycles. The van der Waals surface area contributed by atoms with Gasteiger partial charge in [0.1, 0.15) is 6.29 Å². The van der Waals surface area contributed by atoms with Crippen molar-refractivity contribution in [3.8, 4) is 0 Å². The number of ether oxygens (including phenoxy) is 1. The van der Waals surface area contributed by atoms with Crippen LogP contribution in [0, 0.1) is 0 Å². The van der Waals surface area contributed by atoms with Gasteiger partial charge in [0.15, 0.2) is 0 Å². The van der Waals surface area contributed by atoms with Crippen LogP contribution in [0.2, 0.25) is 0 Å². The molecule has 0 saturated heterocycles. The molecule has 0 radical (unpaired) electrons. The molecule has 0 aliphatic rings. The van der Waals surface area contributed by atoms with Crippen molar-refractivity contribution in [2.45, 2.75) is 12.8 Å². The first-order chi connectivity index (χ1) is 6.43. The van der Waals surface area contributed by atoms with Crippen molar-refractivity contribution >= 4 is 6.29 Å². The molecule has 0 fully saturated rings. The first-order valence-corrected chi connectivity index (χ1v) is 4.49. The lowest BCUT2D eigenvalue weighted by Crippen LogP contribution is -2.00. The Morgan fingerprint density at radius 1 is 1.15 bits per heavy atom. The molecular weight excluding hydrogens is 164 g/mol. The molecular formula is C11H14O2. The van der Waals surface area contributed by atoms with Gasteiger partial charge in [-0.1, -0.05) is 30.3 Å². The quantitative estimate of drug-likeness (QED) is 0.490. The highest BCUT2D eigenvalue weighted by Crippen LogP contribution is 1.99. The van der Waals surface area contributed by atoms with Gasteiger partial charge in [-0.25, -0.2) is 0 Å². The standard InChI is InChI=1S/C11H14O2/c12-8-4-9-13-10-7-11-5-2-1-3-6-11/h1-3,5-6,8H,4,7,9-10H2. The maximum Gasteiger partial charge on any atom is 0.122 e. The number of carbonyl (C=O) groups excluding carboxylic acids is 1. The number of hydrogen-bond acceptors (Lipinski definition) is 2. The Balaban J connectivity index is 2.10. The Hall–Kier alpha value is -1.15. The zero-order valence-corrected chi connectivity index (χ0v) is 7.61. The van der Waals surface area contributed by atoms with Crippen LogP contribution in [0.5, 0.6) is 0 Å². The van der Waals surface area contributed by atoms with Gasteiger partial charge in [-0.2, -0.15) is 0 Å². The number of rotatable bonds is 6. The van der Waals surface area contributed by atoms with E-state index in [2.05, 4.69) is 12.1 Å². The van der Waals surface area contributed by atoms with E-state index in [1.807, 2.05) is 18.2 Å². The van der Waals surface area contributed by atoms with Crippen LogP contribution < -0.4 is 0 Å². The van der Waals surface area contributed by atoms with Crippen LogP contribution >= 0.6 is 0 Å². The first-order valence-electron chi connectivity index (χ1n) is 4.49. The molecule has 0 atom stereocenters. The van der Waals surface area contributed by atoms with E-state index >= 15 is 0 Å². The monoisotopic (exact) mass is 178 g/mol. The van der Waals surface area contributed by atoms with Crippen molar-refractivity contribution in [3.63, 3.8) is 0 Å². The minimum absolute atomic E-state index is 0.495. The summed E-state index contributed by atoms with van der Waals surface area (Å²) >= 11 is 0. The summed E-state index contributed by atoms with van der Waals surface area (Å²) in [7, 11) is 0. The fraction of sp³-hybridized carbons (Fsp3) is 0.364. The summed E-state index contributed by atoms with van der Waals surface area (Å²) in [6.45, 7) is 1.23. The van der Waals surface area contributed by atoms with Crippen molar-refractivity contribution in [3.05, 3.63) is 35.9 Å². The molecule has 2 nitrogen and oxygen atoms in total. The Kier molecular flexibility index (Phi) is 4.87. The van der Waals surface area contributed by atoms with Gasteiger partial charge in [0.25, 0.3) is 0 Å². The smallest absolute Gasteiger partial charge is 0.122 e. The largest absolute Gasteiger partial charge is 0.381 e. The van der Waals surface area contributed by atoms with E-state index in [1.54, 1.807) is 0 Å². The Morgan fingerprint density at radius 3 is 2.62 bits per heavy atom. The molecule has 0 N–H and O–H groups in total. The second kappa shape index (κ2) is 6.38. The minimum Gasteiger partial charge on any atom is -0.381 e. The van der Waals surface area contributed by atoms with Crippen LogP contribution in [0.15, 0.2) is 30.3 Å². The van der Waals surface area contributed by atoms with Crippen molar-refractivity contribution in [2.24, 2.45) is 0 Å². The Labute approximate surface area is 78.5 Å². The lowest BCUT2D eigenvalue weighted by molar-refractivity contribution is -0.108. The highest BCUT2D eigenvalue weighted by molar-refractivity contribution is 5.49. The molecule has 1 aromatic rings. The van der Waals surface area contributed by atoms with Crippen molar-refractivity contribution < 1.29 is 9.53 Å². The lowest BCUT2D eigenvalue weighted by atomic mass is 10.2. The number of carbonyl (C=O) groups is 1. The van der Waals surface area contributed by atoms with Gasteiger partial charge < -0.3 is 9.53 Å². The zero-order valence-electron chi connectivity index (χ0n) is 7.61. The van der Waals surface area contributed by atoms with Gasteiger partial charge in [0.05, 0.1) is 13.2 Å². The van der Waals surface area contributed by atoms with Crippen LogP contribution in [0.3, 0.4) is 0 Å². The molecule has 2 heteroatoms. The SMILES string of the molecule is O=CCCOCCc1ccccc1. The molecule has 0 aromatic heterocycles. The van der Waals surface area contributed by atoms with Gasteiger partial charge in [-0.15, -0.1) is 0 Å². The summed E-state index contributed by atoms with van der Waals surface area (Å²) in [6, 6.07) is 10.2. The summed E-state index contributed by atoms with van der Waals surface area (Å²) in [4.78, 5) is 9.96. The second-order valence-electron chi connectivity index (χ2n) is 2.80. The van der Waals surface area contributed by atoms with E-state index in [4.69, 9.17) is 4.74 Å². The fourth-order valence-electron chi connectivity index (χ4n) is 1.07. The number of hydrogen-bond donors (Lipinski definition) is 0. The van der Waals surface area contributed by atoms with Gasteiger partial charge in [0, 0.05) is 6.42 Å². The van der Waals surface area contributed by atoms with E-state index in [0.717, 1.165) is 12.7 Å². The Bertz CT molecular complexity index is 231. The predicted octanol–water partition coefficient (Wildman–Crippen LogP) is 1.83. The van der Waals surface area contributed by atoms with Gasteiger partial charge in [0.2, 0.25) is 0 Å². The molecule has 0 unspecified atom stereocenters. The van der Waals surface area contributed by atoms with Gasteiger partial charge in [-0.05, 0) is 12.0 Å². The number of benzene rings is 1. The highest BCUT2D eigenvalue weighted by Gasteiger charge is 1.91. The third-order valence-corrected chi connectivity index (χ3v) is 1.76. The second-order valence-corrected chi connectivity index (χ2v) is 2.80. The third-order valence-electron chi connectivity index (χ3n) is 1.76. The summed E-state index contributed by atoms with van der Waals surface area (Å²) < 4.78 is 5.25. The average molecular weight is 178 g/mol. The van der Waals surface area contributed by atoms with Crippen molar-refractivity contribution in [2.75, 3.05) is 13.2 Å². The average Bonchev–Trinajstić information content (AvgIpc) is 2.19. The summed E-state index contributed by atoms with van der Waals surface area (Å²) in [5, 5.41) is 0. The van der Waals surface area contributed by atoms with Crippen LogP contribution in [0.4, 0.5) is 0 Å². The van der Waals surface area contributed by atoms with Crippen molar-refractivity contribution in [1.29, 1.82) is 0 Å². The van der Waals surface area contributed by atoms with E-state index in [0.29, 0.717) is 19.6 Å². The molecule has 70 valence electrons. The summed E-state index contributed by atoms with van der Waals surface area (Å²) in [5.74, 6) is 0. The van der Waals surface area contributed by atoms with E-state index in [-0.39, 0.29) is 0 Å². The van der Waals surface area contributed by atoms with E-state index in [1.165, 1.54) is 5.56 Å². The predicted molar refractivity (Wildman–Crippen MR) is 51.6 cm³/mol. The molecule has 0 saturated carbocycles. The van der Waals surface area contributed by atoms with Crippen LogP contribution in [0.1, 0.15) is 12.0 Å². The molecule has 0 amide bonds. The van der Waals surface area contributed by atoms with Gasteiger partial charge >= 0.3 is 0 Å². The molecule has 0 spiro atoms. The van der Waals surface area contributed by atoms with Crippen molar-refractivity contribution in [1.82, 2.24) is 0 Å². The van der Waals surface area contributed by atoms with Gasteiger partial charge in [-0.3, -0.25) is 0 Å². The highest BCUT2D eigenvalue weighted by atomic mass is 16.5. The van der Waals surface area contributed by atoms with Crippen LogP contribution in [-0.4, -0.2) is 19.5 Å². The molecule has 0 aliphatic heterocycles. The topological polar surface area (TPSA) is 26.3 Å². The fourth-order valence-corrected chi connectivity index (χ4v) is 1.07. The maximum absolute atomic E-state index is 9.96. The van der Waals surface area contributed by atoms with Crippen LogP contribution in [0.25, 0.3) is 0 Å². The molecule has 13 heavy (non-hydrogen) atoms. The Morgan fingerprint density at radius 2 is 1.92 bits per heavy atom. The molecule has 0 heterocycles. The maximum atomic E-state index is 9.96. The normalized spacial score (nSPS) is 9.85. The van der Waals surface area contributed by atoms with E-state index < -0.39 is 0 Å². The third kappa shape index (κ3) is 4.43. The molecule has 1 rings (SSSR count). The van der Waals surface area contributed by atoms with Crippen LogP contribution in [-0.2, 0) is 16.0 Å². The zero-order chi connectivity index (χ0) is 9.36. The lowest BCUT2D eigenvalue weighted by Gasteiger charge is -2.01. The summed E-state index contributed by atoms with van der Waals surface area (Å²) in [6.07, 6.45) is 2.29. The molecule has 0 bridgehead atoms. The number of aldehydes is 1. The summed E-state index contributed by atoms with van der Waals surface area (Å²) in [5.41, 5.74) is 1.27. The molecule has 1 aromatic carbocycles.